The maximum atomic E-state index is 12.5. The predicted molar refractivity (Wildman–Crippen MR) is 102 cm³/mol. The molecule has 1 saturated heterocycles. The van der Waals surface area contributed by atoms with E-state index >= 15 is 0 Å². The van der Waals surface area contributed by atoms with E-state index in [4.69, 9.17) is 0 Å². The van der Waals surface area contributed by atoms with Crippen LogP contribution < -0.4 is 9.62 Å². The number of amides is 2. The van der Waals surface area contributed by atoms with Crippen LogP contribution in [0.5, 0.6) is 0 Å². The molecule has 2 amide bonds. The molecule has 0 spiro atoms. The first kappa shape index (κ1) is 18.6. The maximum absolute atomic E-state index is 12.5. The van der Waals surface area contributed by atoms with Gasteiger partial charge in [0, 0.05) is 17.0 Å². The highest BCUT2D eigenvalue weighted by Crippen LogP contribution is 2.35. The third-order valence-electron chi connectivity index (χ3n) is 4.16. The van der Waals surface area contributed by atoms with Crippen molar-refractivity contribution >= 4 is 38.9 Å². The number of sulfonamides is 1. The summed E-state index contributed by atoms with van der Waals surface area (Å²) in [5, 5.41) is 4.80. The monoisotopic (exact) mass is 392 g/mol. The average molecular weight is 393 g/mol. The summed E-state index contributed by atoms with van der Waals surface area (Å²) in [7, 11) is -3.73. The second-order valence-corrected chi connectivity index (χ2v) is 9.70. The van der Waals surface area contributed by atoms with Crippen LogP contribution in [0.1, 0.15) is 29.1 Å². The number of nitrogens with one attached hydrogen (secondary N) is 1. The van der Waals surface area contributed by atoms with E-state index in [-0.39, 0.29) is 17.3 Å². The van der Waals surface area contributed by atoms with Crippen LogP contribution >= 0.6 is 11.3 Å². The van der Waals surface area contributed by atoms with Gasteiger partial charge in [-0.1, -0.05) is 12.1 Å². The molecule has 0 radical (unpaired) electrons. The Balaban J connectivity index is 1.76. The van der Waals surface area contributed by atoms with Crippen LogP contribution in [0, 0.1) is 5.41 Å². The Kier molecular flexibility index (Phi) is 4.90. The van der Waals surface area contributed by atoms with E-state index in [0.717, 1.165) is 10.7 Å². The molecule has 1 aromatic carbocycles. The Bertz CT molecular complexity index is 934. The summed E-state index contributed by atoms with van der Waals surface area (Å²) in [6, 6.07) is 10.1. The minimum atomic E-state index is -3.73. The normalized spacial score (nSPS) is 18.1. The lowest BCUT2D eigenvalue weighted by atomic mass is 9.95. The average Bonchev–Trinajstić information content (AvgIpc) is 3.12. The van der Waals surface area contributed by atoms with Crippen molar-refractivity contribution in [1.29, 1.82) is 0 Å². The summed E-state index contributed by atoms with van der Waals surface area (Å²) in [6.07, 6.45) is 0.732. The minimum absolute atomic E-state index is 0.200. The molecule has 2 aromatic rings. The molecule has 0 saturated carbocycles. The summed E-state index contributed by atoms with van der Waals surface area (Å²) in [5.41, 5.74) is -0.453. The first-order chi connectivity index (χ1) is 12.2. The molecule has 26 heavy (non-hydrogen) atoms. The van der Waals surface area contributed by atoms with E-state index in [1.807, 2.05) is 17.5 Å². The molecule has 0 aliphatic carbocycles. The van der Waals surface area contributed by atoms with E-state index in [1.54, 1.807) is 37.3 Å². The third-order valence-corrected chi connectivity index (χ3v) is 7.12. The fourth-order valence-corrected chi connectivity index (χ4v) is 5.70. The van der Waals surface area contributed by atoms with Crippen LogP contribution in [0.4, 0.5) is 5.69 Å². The Morgan fingerprint density at radius 3 is 2.65 bits per heavy atom. The molecule has 138 valence electrons. The molecule has 1 aliphatic heterocycles. The zero-order valence-electron chi connectivity index (χ0n) is 14.6. The van der Waals surface area contributed by atoms with Crippen molar-refractivity contribution in [2.45, 2.75) is 20.3 Å². The smallest absolute Gasteiger partial charge is 0.251 e. The molecule has 1 aromatic heterocycles. The van der Waals surface area contributed by atoms with E-state index < -0.39 is 21.3 Å². The summed E-state index contributed by atoms with van der Waals surface area (Å²) in [6.45, 7) is 3.69. The van der Waals surface area contributed by atoms with Crippen molar-refractivity contribution in [3.05, 3.63) is 52.2 Å². The fraction of sp³-hybridized carbons (Fsp3) is 0.333. The summed E-state index contributed by atoms with van der Waals surface area (Å²) in [4.78, 5) is 26.0. The fourth-order valence-electron chi connectivity index (χ4n) is 2.89. The van der Waals surface area contributed by atoms with Crippen molar-refractivity contribution in [2.24, 2.45) is 5.41 Å². The van der Waals surface area contributed by atoms with Crippen LogP contribution in [-0.2, 0) is 21.2 Å². The van der Waals surface area contributed by atoms with Gasteiger partial charge < -0.3 is 5.32 Å². The summed E-state index contributed by atoms with van der Waals surface area (Å²) in [5.74, 6) is -1.02. The largest absolute Gasteiger partial charge is 0.352 e. The molecule has 6 nitrogen and oxygen atoms in total. The van der Waals surface area contributed by atoms with Gasteiger partial charge in [-0.05, 0) is 49.9 Å². The highest BCUT2D eigenvalue weighted by Gasteiger charge is 2.49. The van der Waals surface area contributed by atoms with Crippen LogP contribution in [0.15, 0.2) is 41.8 Å². The van der Waals surface area contributed by atoms with Crippen molar-refractivity contribution in [3.8, 4) is 0 Å². The number of nitrogens with zero attached hydrogens (tertiary/aromatic N) is 1. The van der Waals surface area contributed by atoms with Crippen molar-refractivity contribution in [3.63, 3.8) is 0 Å². The van der Waals surface area contributed by atoms with Gasteiger partial charge in [-0.15, -0.1) is 11.3 Å². The van der Waals surface area contributed by atoms with Gasteiger partial charge in [0.25, 0.3) is 5.91 Å². The van der Waals surface area contributed by atoms with E-state index in [2.05, 4.69) is 5.32 Å². The number of benzene rings is 1. The number of rotatable bonds is 5. The SMILES string of the molecule is CC1(C)CS(=O)(=O)N(c2cccc(C(=O)NCCc3cccs3)c2)C1=O. The summed E-state index contributed by atoms with van der Waals surface area (Å²) < 4.78 is 25.6. The Morgan fingerprint density at radius 1 is 1.27 bits per heavy atom. The van der Waals surface area contributed by atoms with E-state index in [1.165, 1.54) is 17.0 Å². The molecule has 2 heterocycles. The highest BCUT2D eigenvalue weighted by molar-refractivity contribution is 7.94. The molecule has 8 heteroatoms. The maximum Gasteiger partial charge on any atom is 0.251 e. The van der Waals surface area contributed by atoms with Crippen LogP contribution in [0.2, 0.25) is 0 Å². The minimum Gasteiger partial charge on any atom is -0.352 e. The van der Waals surface area contributed by atoms with Crippen LogP contribution in [-0.4, -0.2) is 32.5 Å². The summed E-state index contributed by atoms with van der Waals surface area (Å²) >= 11 is 1.63. The van der Waals surface area contributed by atoms with Gasteiger partial charge in [-0.2, -0.15) is 0 Å². The molecule has 1 N–H and O–H groups in total. The molecule has 3 rings (SSSR count). The molecular formula is C18H20N2O4S2. The second kappa shape index (κ2) is 6.85. The lowest BCUT2D eigenvalue weighted by molar-refractivity contribution is -0.123. The van der Waals surface area contributed by atoms with E-state index in [0.29, 0.717) is 12.1 Å². The molecule has 1 fully saturated rings. The number of hydrogen-bond acceptors (Lipinski definition) is 5. The predicted octanol–water partition coefficient (Wildman–Crippen LogP) is 2.42. The number of carbonyl (C=O) groups is 2. The topological polar surface area (TPSA) is 83.6 Å². The lowest BCUT2D eigenvalue weighted by Crippen LogP contribution is -2.33. The first-order valence-corrected chi connectivity index (χ1v) is 10.7. The lowest BCUT2D eigenvalue weighted by Gasteiger charge is -2.18. The standard InChI is InChI=1S/C18H20N2O4S2/c1-18(2)12-26(23,24)20(17(18)22)14-6-3-5-13(11-14)16(21)19-9-8-15-7-4-10-25-15/h3-7,10-11H,8-9,12H2,1-2H3,(H,19,21). The Hall–Kier alpha value is -2.19. The number of hydrogen-bond donors (Lipinski definition) is 1. The van der Waals surface area contributed by atoms with Gasteiger partial charge in [0.15, 0.2) is 0 Å². The number of carbonyl (C=O) groups excluding carboxylic acids is 2. The molecule has 1 aliphatic rings. The van der Waals surface area contributed by atoms with Crippen LogP contribution in [0.25, 0.3) is 0 Å². The number of anilines is 1. The van der Waals surface area contributed by atoms with Crippen molar-refractivity contribution < 1.29 is 18.0 Å². The van der Waals surface area contributed by atoms with Crippen molar-refractivity contribution in [1.82, 2.24) is 5.32 Å². The molecular weight excluding hydrogens is 372 g/mol. The van der Waals surface area contributed by atoms with Gasteiger partial charge in [0.1, 0.15) is 0 Å². The van der Waals surface area contributed by atoms with Crippen molar-refractivity contribution in [2.75, 3.05) is 16.6 Å². The van der Waals surface area contributed by atoms with Crippen LogP contribution in [0.3, 0.4) is 0 Å². The highest BCUT2D eigenvalue weighted by atomic mass is 32.2. The van der Waals surface area contributed by atoms with E-state index in [9.17, 15) is 18.0 Å². The third kappa shape index (κ3) is 3.66. The van der Waals surface area contributed by atoms with Gasteiger partial charge in [-0.25, -0.2) is 12.7 Å². The molecule has 0 atom stereocenters. The van der Waals surface area contributed by atoms with Gasteiger partial charge in [-0.3, -0.25) is 9.59 Å². The van der Waals surface area contributed by atoms with Gasteiger partial charge in [0.2, 0.25) is 15.9 Å². The molecule has 0 bridgehead atoms. The Morgan fingerprint density at radius 2 is 2.04 bits per heavy atom. The Labute approximate surface area is 156 Å². The molecule has 0 unspecified atom stereocenters. The quantitative estimate of drug-likeness (QED) is 0.847. The number of thiophene rings is 1. The van der Waals surface area contributed by atoms with Gasteiger partial charge >= 0.3 is 0 Å². The van der Waals surface area contributed by atoms with Gasteiger partial charge in [0.05, 0.1) is 16.9 Å². The zero-order valence-corrected chi connectivity index (χ0v) is 16.2. The second-order valence-electron chi connectivity index (χ2n) is 6.85. The zero-order chi connectivity index (χ0) is 18.9. The first-order valence-electron chi connectivity index (χ1n) is 8.19.